The van der Waals surface area contributed by atoms with Gasteiger partial charge in [-0.3, -0.25) is 9.48 Å². The second kappa shape index (κ2) is 14.8. The fourth-order valence-electron chi connectivity index (χ4n) is 4.69. The van der Waals surface area contributed by atoms with Gasteiger partial charge in [-0.25, -0.2) is 0 Å². The largest absolute Gasteiger partial charge is 0.507 e. The number of fused-ring (bicyclic) bond motifs is 2. The van der Waals surface area contributed by atoms with Gasteiger partial charge in [0.15, 0.2) is 5.78 Å². The number of carbonyl (C=O) groups is 1. The molecule has 208 valence electrons. The average molecular weight is 526 g/mol. The fraction of sp³-hybridized carbons (Fsp3) is 0.517. The van der Waals surface area contributed by atoms with E-state index in [4.69, 9.17) is 15.3 Å². The number of nitrogens with one attached hydrogen (secondary N) is 3. The highest BCUT2D eigenvalue weighted by molar-refractivity contribution is 6.28. The Bertz CT molecular complexity index is 1190. The third-order valence-corrected chi connectivity index (χ3v) is 6.84. The van der Waals surface area contributed by atoms with Gasteiger partial charge in [-0.2, -0.15) is 5.10 Å². The Morgan fingerprint density at radius 2 is 1.68 bits per heavy atom. The number of nitrogens with zero attached hydrogens (tertiary/aromatic N) is 2. The van der Waals surface area contributed by atoms with Crippen molar-refractivity contribution in [2.24, 2.45) is 5.92 Å². The van der Waals surface area contributed by atoms with Crippen molar-refractivity contribution in [2.45, 2.75) is 46.6 Å². The molecular weight excluding hydrogens is 482 g/mol. The van der Waals surface area contributed by atoms with Gasteiger partial charge in [0.2, 0.25) is 0 Å². The van der Waals surface area contributed by atoms with E-state index in [2.05, 4.69) is 36.7 Å². The van der Waals surface area contributed by atoms with Crippen LogP contribution in [0.3, 0.4) is 0 Å². The van der Waals surface area contributed by atoms with Crippen molar-refractivity contribution in [3.8, 4) is 17.0 Å². The zero-order chi connectivity index (χ0) is 27.5. The molecule has 38 heavy (non-hydrogen) atoms. The lowest BCUT2D eigenvalue weighted by atomic mass is 9.86. The minimum Gasteiger partial charge on any atom is -0.507 e. The van der Waals surface area contributed by atoms with Gasteiger partial charge in [0.05, 0.1) is 36.4 Å². The zero-order valence-corrected chi connectivity index (χ0v) is 22.9. The summed E-state index contributed by atoms with van der Waals surface area (Å²) >= 11 is 0. The SMILES string of the molecule is CCCC(C)CC.O=C1c2c(O)cccc2-c2nn(CCNCCO)c3ccc(NCCNCCO)c1c23. The number of anilines is 1. The molecule has 0 aliphatic heterocycles. The lowest BCUT2D eigenvalue weighted by Gasteiger charge is -2.19. The highest BCUT2D eigenvalue weighted by Crippen LogP contribution is 2.44. The Labute approximate surface area is 225 Å². The topological polar surface area (TPSA) is 132 Å². The van der Waals surface area contributed by atoms with Crippen molar-refractivity contribution in [1.82, 2.24) is 20.4 Å². The monoisotopic (exact) mass is 525 g/mol. The lowest BCUT2D eigenvalue weighted by molar-refractivity contribution is 0.103. The molecule has 9 nitrogen and oxygen atoms in total. The van der Waals surface area contributed by atoms with Crippen molar-refractivity contribution in [3.05, 3.63) is 41.5 Å². The van der Waals surface area contributed by atoms with Gasteiger partial charge in [-0.15, -0.1) is 0 Å². The van der Waals surface area contributed by atoms with Gasteiger partial charge in [-0.1, -0.05) is 52.2 Å². The molecule has 6 N–H and O–H groups in total. The summed E-state index contributed by atoms with van der Waals surface area (Å²) in [5.74, 6) is 0.667. The maximum absolute atomic E-state index is 13.5. The summed E-state index contributed by atoms with van der Waals surface area (Å²) in [5, 5.41) is 43.4. The summed E-state index contributed by atoms with van der Waals surface area (Å²) in [6.07, 6.45) is 4.08. The van der Waals surface area contributed by atoms with E-state index in [1.165, 1.54) is 25.3 Å². The van der Waals surface area contributed by atoms with E-state index in [1.807, 2.05) is 22.9 Å². The molecule has 0 spiro atoms. The van der Waals surface area contributed by atoms with E-state index in [-0.39, 0.29) is 30.3 Å². The van der Waals surface area contributed by atoms with Crippen molar-refractivity contribution in [2.75, 3.05) is 51.3 Å². The number of aliphatic hydroxyl groups excluding tert-OH is 2. The number of rotatable bonds is 14. The molecule has 1 aliphatic carbocycles. The van der Waals surface area contributed by atoms with Crippen molar-refractivity contribution < 1.29 is 20.1 Å². The van der Waals surface area contributed by atoms with E-state index in [0.717, 1.165) is 16.8 Å². The summed E-state index contributed by atoms with van der Waals surface area (Å²) in [5.41, 5.74) is 3.63. The van der Waals surface area contributed by atoms with Crippen LogP contribution in [-0.2, 0) is 6.54 Å². The van der Waals surface area contributed by atoms with Gasteiger partial charge in [0.1, 0.15) is 11.4 Å². The first-order chi connectivity index (χ1) is 18.5. The number of ketones is 1. The Hall–Kier alpha value is -2.98. The maximum atomic E-state index is 13.5. The fourth-order valence-corrected chi connectivity index (χ4v) is 4.69. The molecule has 2 aromatic carbocycles. The third-order valence-electron chi connectivity index (χ3n) is 6.84. The second-order valence-electron chi connectivity index (χ2n) is 9.66. The molecule has 1 aromatic heterocycles. The highest BCUT2D eigenvalue weighted by Gasteiger charge is 2.33. The molecule has 3 aromatic rings. The maximum Gasteiger partial charge on any atom is 0.200 e. The van der Waals surface area contributed by atoms with Gasteiger partial charge in [-0.05, 0) is 24.1 Å². The molecule has 0 fully saturated rings. The van der Waals surface area contributed by atoms with E-state index in [1.54, 1.807) is 6.07 Å². The van der Waals surface area contributed by atoms with Crippen LogP contribution in [0.15, 0.2) is 30.3 Å². The van der Waals surface area contributed by atoms with Crippen molar-refractivity contribution in [3.63, 3.8) is 0 Å². The van der Waals surface area contributed by atoms with E-state index in [9.17, 15) is 9.90 Å². The van der Waals surface area contributed by atoms with Crippen LogP contribution in [0.25, 0.3) is 22.2 Å². The molecule has 9 heteroatoms. The minimum absolute atomic E-state index is 0.0557. The van der Waals surface area contributed by atoms with Crippen LogP contribution in [0.2, 0.25) is 0 Å². The number of aromatic hydroxyl groups is 1. The smallest absolute Gasteiger partial charge is 0.200 e. The predicted octanol–water partition coefficient (Wildman–Crippen LogP) is 3.36. The number of carbonyl (C=O) groups excluding carboxylic acids is 1. The lowest BCUT2D eigenvalue weighted by Crippen LogP contribution is -2.25. The van der Waals surface area contributed by atoms with E-state index < -0.39 is 0 Å². The van der Waals surface area contributed by atoms with Crippen LogP contribution in [0.5, 0.6) is 5.75 Å². The van der Waals surface area contributed by atoms with Crippen LogP contribution >= 0.6 is 0 Å². The first kappa shape index (κ1) is 29.6. The molecule has 1 unspecified atom stereocenters. The number of phenolic OH excluding ortho intramolecular Hbond substituents is 1. The average Bonchev–Trinajstić information content (AvgIpc) is 3.29. The van der Waals surface area contributed by atoms with Gasteiger partial charge in [0, 0.05) is 49.4 Å². The highest BCUT2D eigenvalue weighted by atomic mass is 16.3. The Balaban J connectivity index is 0.000000505. The molecule has 0 saturated carbocycles. The van der Waals surface area contributed by atoms with Gasteiger partial charge in [0.25, 0.3) is 0 Å². The molecule has 0 saturated heterocycles. The van der Waals surface area contributed by atoms with Crippen LogP contribution in [0.4, 0.5) is 5.69 Å². The van der Waals surface area contributed by atoms with Gasteiger partial charge < -0.3 is 31.3 Å². The molecule has 0 amide bonds. The van der Waals surface area contributed by atoms with Crippen LogP contribution < -0.4 is 16.0 Å². The predicted molar refractivity (Wildman–Crippen MR) is 153 cm³/mol. The molecule has 1 heterocycles. The molecule has 0 radical (unpaired) electrons. The minimum atomic E-state index is -0.227. The first-order valence-corrected chi connectivity index (χ1v) is 13.8. The van der Waals surface area contributed by atoms with Crippen LogP contribution in [0, 0.1) is 5.92 Å². The summed E-state index contributed by atoms with van der Waals surface area (Å²) in [7, 11) is 0. The quantitative estimate of drug-likeness (QED) is 0.138. The summed E-state index contributed by atoms with van der Waals surface area (Å²) < 4.78 is 1.86. The summed E-state index contributed by atoms with van der Waals surface area (Å²) in [6.45, 7) is 10.4. The van der Waals surface area contributed by atoms with E-state index in [0.29, 0.717) is 61.8 Å². The number of benzene rings is 2. The molecule has 1 aliphatic rings. The third kappa shape index (κ3) is 6.91. The number of aromatic nitrogens is 2. The molecule has 1 atom stereocenters. The van der Waals surface area contributed by atoms with Crippen molar-refractivity contribution in [1.29, 1.82) is 0 Å². The normalized spacial score (nSPS) is 12.7. The second-order valence-corrected chi connectivity index (χ2v) is 9.66. The number of aliphatic hydroxyl groups is 2. The number of phenols is 1. The molecule has 0 bridgehead atoms. The standard InChI is InChI=1S/C22H27N5O4.C7H16/c28-12-9-23-6-7-25-15-4-5-16-20-19(15)22(31)18-14(2-1-3-17(18)30)21(20)26-27(16)11-8-24-10-13-29;1-4-6-7(3)5-2/h1-5,23-25,28-30H,6-13H2;7H,4-6H2,1-3H3. The first-order valence-electron chi connectivity index (χ1n) is 13.8. The number of hydrogen-bond acceptors (Lipinski definition) is 8. The Morgan fingerprint density at radius 1 is 0.947 bits per heavy atom. The van der Waals surface area contributed by atoms with Crippen molar-refractivity contribution >= 4 is 22.4 Å². The Kier molecular flexibility index (Phi) is 11.5. The molecular formula is C29H43N5O4. The molecule has 4 rings (SSSR count). The van der Waals surface area contributed by atoms with Crippen LogP contribution in [0.1, 0.15) is 56.0 Å². The Morgan fingerprint density at radius 3 is 2.34 bits per heavy atom. The summed E-state index contributed by atoms with van der Waals surface area (Å²) in [6, 6.07) is 8.87. The van der Waals surface area contributed by atoms with Gasteiger partial charge >= 0.3 is 0 Å². The zero-order valence-electron chi connectivity index (χ0n) is 22.9. The number of hydrogen-bond donors (Lipinski definition) is 6. The summed E-state index contributed by atoms with van der Waals surface area (Å²) in [4.78, 5) is 13.5. The van der Waals surface area contributed by atoms with E-state index >= 15 is 0 Å². The van der Waals surface area contributed by atoms with Crippen LogP contribution in [-0.4, -0.2) is 76.8 Å².